The molecule has 106 valence electrons. The zero-order valence-corrected chi connectivity index (χ0v) is 12.1. The lowest BCUT2D eigenvalue weighted by Gasteiger charge is -2.28. The van der Waals surface area contributed by atoms with Crippen LogP contribution in [0.2, 0.25) is 0 Å². The van der Waals surface area contributed by atoms with Gasteiger partial charge in [0.15, 0.2) is 0 Å². The standard InChI is InChI=1S/C15H24N2O2/c1-11(16-2)12-7-8-17-15(9-12)19-14-6-4-5-13(10-14)18-3/h7-9,11,13-14,16H,4-6,10H2,1-3H3. The second-order valence-electron chi connectivity index (χ2n) is 5.20. The molecule has 3 unspecified atom stereocenters. The van der Waals surface area contributed by atoms with Crippen LogP contribution in [0.4, 0.5) is 0 Å². The van der Waals surface area contributed by atoms with Crippen molar-refractivity contribution in [3.63, 3.8) is 0 Å². The summed E-state index contributed by atoms with van der Waals surface area (Å²) in [7, 11) is 3.73. The Hall–Kier alpha value is -1.13. The molecule has 0 bridgehead atoms. The van der Waals surface area contributed by atoms with Crippen LogP contribution in [0, 0.1) is 0 Å². The summed E-state index contributed by atoms with van der Waals surface area (Å²) >= 11 is 0. The number of aromatic nitrogens is 1. The fraction of sp³-hybridized carbons (Fsp3) is 0.667. The number of hydrogen-bond acceptors (Lipinski definition) is 4. The molecular weight excluding hydrogens is 240 g/mol. The number of nitrogens with one attached hydrogen (secondary N) is 1. The minimum Gasteiger partial charge on any atom is -0.474 e. The first-order valence-electron chi connectivity index (χ1n) is 7.05. The summed E-state index contributed by atoms with van der Waals surface area (Å²) in [4.78, 5) is 4.31. The van der Waals surface area contributed by atoms with Crippen molar-refractivity contribution in [1.82, 2.24) is 10.3 Å². The van der Waals surface area contributed by atoms with Gasteiger partial charge in [0, 0.05) is 31.8 Å². The van der Waals surface area contributed by atoms with Crippen LogP contribution in [0.15, 0.2) is 18.3 Å². The zero-order chi connectivity index (χ0) is 13.7. The molecule has 0 spiro atoms. The molecule has 0 aliphatic heterocycles. The van der Waals surface area contributed by atoms with Crippen LogP contribution >= 0.6 is 0 Å². The Labute approximate surface area is 115 Å². The number of methoxy groups -OCH3 is 1. The number of pyridine rings is 1. The predicted molar refractivity (Wildman–Crippen MR) is 75.4 cm³/mol. The quantitative estimate of drug-likeness (QED) is 0.888. The van der Waals surface area contributed by atoms with E-state index in [0.717, 1.165) is 31.6 Å². The van der Waals surface area contributed by atoms with Gasteiger partial charge in [-0.2, -0.15) is 0 Å². The molecule has 1 N–H and O–H groups in total. The van der Waals surface area contributed by atoms with E-state index < -0.39 is 0 Å². The van der Waals surface area contributed by atoms with Crippen LogP contribution in [0.5, 0.6) is 5.88 Å². The van der Waals surface area contributed by atoms with Crippen molar-refractivity contribution < 1.29 is 9.47 Å². The lowest BCUT2D eigenvalue weighted by molar-refractivity contribution is 0.0195. The molecule has 4 heteroatoms. The van der Waals surface area contributed by atoms with Gasteiger partial charge in [-0.3, -0.25) is 0 Å². The van der Waals surface area contributed by atoms with Crippen LogP contribution in [0.25, 0.3) is 0 Å². The highest BCUT2D eigenvalue weighted by Crippen LogP contribution is 2.25. The second kappa shape index (κ2) is 6.87. The molecule has 0 radical (unpaired) electrons. The van der Waals surface area contributed by atoms with Crippen molar-refractivity contribution in [3.8, 4) is 5.88 Å². The smallest absolute Gasteiger partial charge is 0.213 e. The highest BCUT2D eigenvalue weighted by Gasteiger charge is 2.23. The van der Waals surface area contributed by atoms with Crippen molar-refractivity contribution >= 4 is 0 Å². The molecule has 19 heavy (non-hydrogen) atoms. The first kappa shape index (κ1) is 14.3. The summed E-state index contributed by atoms with van der Waals surface area (Å²) in [5.74, 6) is 0.723. The van der Waals surface area contributed by atoms with Gasteiger partial charge in [0.25, 0.3) is 0 Å². The van der Waals surface area contributed by atoms with Crippen LogP contribution < -0.4 is 10.1 Å². The molecule has 1 aliphatic carbocycles. The molecule has 0 aromatic carbocycles. The summed E-state index contributed by atoms with van der Waals surface area (Å²) < 4.78 is 11.4. The molecule has 3 atom stereocenters. The molecule has 4 nitrogen and oxygen atoms in total. The van der Waals surface area contributed by atoms with Crippen LogP contribution in [-0.2, 0) is 4.74 Å². The van der Waals surface area contributed by atoms with Gasteiger partial charge >= 0.3 is 0 Å². The largest absolute Gasteiger partial charge is 0.474 e. The highest BCUT2D eigenvalue weighted by molar-refractivity contribution is 5.23. The monoisotopic (exact) mass is 264 g/mol. The van der Waals surface area contributed by atoms with Gasteiger partial charge < -0.3 is 14.8 Å². The molecule has 0 saturated heterocycles. The Kier molecular flexibility index (Phi) is 5.16. The van der Waals surface area contributed by atoms with Crippen LogP contribution in [-0.4, -0.2) is 31.3 Å². The summed E-state index contributed by atoms with van der Waals surface area (Å²) in [5, 5.41) is 3.22. The van der Waals surface area contributed by atoms with E-state index in [1.807, 2.05) is 25.4 Å². The molecule has 1 saturated carbocycles. The Morgan fingerprint density at radius 2 is 2.16 bits per heavy atom. The highest BCUT2D eigenvalue weighted by atomic mass is 16.5. The number of hydrogen-bond donors (Lipinski definition) is 1. The first-order chi connectivity index (χ1) is 9.22. The summed E-state index contributed by atoms with van der Waals surface area (Å²) in [6, 6.07) is 4.35. The Morgan fingerprint density at radius 1 is 1.37 bits per heavy atom. The second-order valence-corrected chi connectivity index (χ2v) is 5.20. The van der Waals surface area contributed by atoms with Gasteiger partial charge in [0.1, 0.15) is 6.10 Å². The van der Waals surface area contributed by atoms with Crippen molar-refractivity contribution in [2.75, 3.05) is 14.2 Å². The van der Waals surface area contributed by atoms with Crippen molar-refractivity contribution in [1.29, 1.82) is 0 Å². The van der Waals surface area contributed by atoms with Gasteiger partial charge in [-0.1, -0.05) is 0 Å². The molecule has 1 aliphatic rings. The maximum atomic E-state index is 6.00. The van der Waals surface area contributed by atoms with E-state index in [4.69, 9.17) is 9.47 Å². The maximum Gasteiger partial charge on any atom is 0.213 e. The van der Waals surface area contributed by atoms with Crippen molar-refractivity contribution in [3.05, 3.63) is 23.9 Å². The lowest BCUT2D eigenvalue weighted by Crippen LogP contribution is -2.29. The Morgan fingerprint density at radius 3 is 2.89 bits per heavy atom. The topological polar surface area (TPSA) is 43.4 Å². The number of ether oxygens (including phenoxy) is 2. The third-order valence-electron chi connectivity index (χ3n) is 3.89. The third-order valence-corrected chi connectivity index (χ3v) is 3.89. The van der Waals surface area contributed by atoms with Gasteiger partial charge in [-0.25, -0.2) is 4.98 Å². The van der Waals surface area contributed by atoms with E-state index in [0.29, 0.717) is 12.1 Å². The van der Waals surface area contributed by atoms with Gasteiger partial charge in [0.05, 0.1) is 6.10 Å². The average Bonchev–Trinajstić information content (AvgIpc) is 2.47. The predicted octanol–water partition coefficient (Wildman–Crippen LogP) is 2.70. The van der Waals surface area contributed by atoms with Crippen LogP contribution in [0.1, 0.15) is 44.2 Å². The van der Waals surface area contributed by atoms with E-state index >= 15 is 0 Å². The summed E-state index contributed by atoms with van der Waals surface area (Å²) in [5.41, 5.74) is 1.20. The fourth-order valence-electron chi connectivity index (χ4n) is 2.52. The van der Waals surface area contributed by atoms with Gasteiger partial charge in [0.2, 0.25) is 5.88 Å². The van der Waals surface area contributed by atoms with Gasteiger partial charge in [-0.05, 0) is 44.9 Å². The molecular formula is C15H24N2O2. The molecule has 0 amide bonds. The average molecular weight is 264 g/mol. The van der Waals surface area contributed by atoms with Gasteiger partial charge in [-0.15, -0.1) is 0 Å². The Bertz CT molecular complexity index is 397. The van der Waals surface area contributed by atoms with Crippen molar-refractivity contribution in [2.24, 2.45) is 0 Å². The molecule has 2 rings (SSSR count). The Balaban J connectivity index is 1.98. The first-order valence-corrected chi connectivity index (χ1v) is 7.05. The molecule has 1 fully saturated rings. The maximum absolute atomic E-state index is 6.00. The van der Waals surface area contributed by atoms with E-state index in [9.17, 15) is 0 Å². The zero-order valence-electron chi connectivity index (χ0n) is 12.1. The molecule has 1 aromatic heterocycles. The SMILES string of the molecule is CNC(C)c1ccnc(OC2CCCC(OC)C2)c1. The van der Waals surface area contributed by atoms with Crippen molar-refractivity contribution in [2.45, 2.75) is 50.9 Å². The molecule has 1 heterocycles. The van der Waals surface area contributed by atoms with E-state index in [2.05, 4.69) is 17.2 Å². The summed E-state index contributed by atoms with van der Waals surface area (Å²) in [6.45, 7) is 2.13. The van der Waals surface area contributed by atoms with E-state index in [1.165, 1.54) is 5.56 Å². The number of nitrogens with zero attached hydrogens (tertiary/aromatic N) is 1. The van der Waals surface area contributed by atoms with E-state index in [-0.39, 0.29) is 6.10 Å². The normalized spacial score (nSPS) is 25.0. The summed E-state index contributed by atoms with van der Waals surface area (Å²) in [6.07, 6.45) is 6.73. The minimum absolute atomic E-state index is 0.228. The fourth-order valence-corrected chi connectivity index (χ4v) is 2.52. The minimum atomic E-state index is 0.228. The molecule has 1 aromatic rings. The lowest BCUT2D eigenvalue weighted by atomic mass is 9.95. The van der Waals surface area contributed by atoms with Crippen LogP contribution in [0.3, 0.4) is 0 Å². The number of rotatable bonds is 5. The third kappa shape index (κ3) is 3.91. The van der Waals surface area contributed by atoms with E-state index in [1.54, 1.807) is 7.11 Å².